The van der Waals surface area contributed by atoms with Gasteiger partial charge in [-0.25, -0.2) is 14.5 Å². The first kappa shape index (κ1) is 28.6. The summed E-state index contributed by atoms with van der Waals surface area (Å²) in [7, 11) is 0. The van der Waals surface area contributed by atoms with Crippen molar-refractivity contribution < 1.29 is 28.7 Å². The molecule has 2 bridgehead atoms. The molecular weight excluding hydrogens is 542 g/mol. The standard InChI is InChI=1S/C29H33N7O6/c1-20-27-32-26(21-7-3-2-4-8-21)33-36(27)14-16-41-23-10-5-9-22(17-23)28(39)30-11-6-12-34(18-24(37)31-20)25(38)19-35-13-15-42-29(35)40/h2-5,7-10,17,20H,6,11-16,18-19H2,1H3,(H,30,39)(H,31,37)/t20-/m0/s1. The van der Waals surface area contributed by atoms with E-state index in [9.17, 15) is 19.2 Å². The van der Waals surface area contributed by atoms with E-state index in [4.69, 9.17) is 14.5 Å². The maximum absolute atomic E-state index is 13.2. The number of benzene rings is 2. The fourth-order valence-electron chi connectivity index (χ4n) is 4.75. The van der Waals surface area contributed by atoms with Gasteiger partial charge in [0.25, 0.3) is 5.91 Å². The van der Waals surface area contributed by atoms with Crippen LogP contribution in [0.15, 0.2) is 54.6 Å². The van der Waals surface area contributed by atoms with Crippen LogP contribution in [-0.4, -0.2) is 94.3 Å². The molecule has 0 saturated carbocycles. The lowest BCUT2D eigenvalue weighted by Gasteiger charge is -2.25. The first-order chi connectivity index (χ1) is 20.4. The van der Waals surface area contributed by atoms with Gasteiger partial charge in [0.05, 0.1) is 25.7 Å². The second kappa shape index (κ2) is 13.1. The molecule has 3 aromatic rings. The van der Waals surface area contributed by atoms with Crippen LogP contribution in [0.1, 0.15) is 35.6 Å². The number of carbonyl (C=O) groups is 4. The summed E-state index contributed by atoms with van der Waals surface area (Å²) in [6.07, 6.45) is -0.162. The number of hydrogen-bond acceptors (Lipinski definition) is 8. The number of amides is 4. The summed E-state index contributed by atoms with van der Waals surface area (Å²) >= 11 is 0. The van der Waals surface area contributed by atoms with Crippen molar-refractivity contribution in [3.8, 4) is 17.1 Å². The Balaban J connectivity index is 1.39. The third-order valence-electron chi connectivity index (χ3n) is 6.91. The normalized spacial score (nSPS) is 18.6. The average Bonchev–Trinajstić information content (AvgIpc) is 3.60. The summed E-state index contributed by atoms with van der Waals surface area (Å²) in [4.78, 5) is 58.4. The van der Waals surface area contributed by atoms with E-state index in [0.29, 0.717) is 42.5 Å². The van der Waals surface area contributed by atoms with Gasteiger partial charge in [0.15, 0.2) is 5.82 Å². The monoisotopic (exact) mass is 575 g/mol. The van der Waals surface area contributed by atoms with Gasteiger partial charge >= 0.3 is 6.09 Å². The minimum atomic E-state index is -0.560. The van der Waals surface area contributed by atoms with Crippen LogP contribution in [-0.2, 0) is 20.9 Å². The van der Waals surface area contributed by atoms with E-state index in [-0.39, 0.29) is 45.3 Å². The zero-order chi connectivity index (χ0) is 29.5. The molecule has 2 aromatic carbocycles. The highest BCUT2D eigenvalue weighted by atomic mass is 16.6. The van der Waals surface area contributed by atoms with E-state index in [0.717, 1.165) is 5.56 Å². The number of aromatic nitrogens is 3. The summed E-state index contributed by atoms with van der Waals surface area (Å²) in [5.74, 6) is 0.497. The Labute approximate surface area is 242 Å². The molecule has 0 spiro atoms. The molecule has 1 fully saturated rings. The molecule has 3 heterocycles. The maximum Gasteiger partial charge on any atom is 0.410 e. The molecule has 1 saturated heterocycles. The fourth-order valence-corrected chi connectivity index (χ4v) is 4.75. The van der Waals surface area contributed by atoms with Crippen LogP contribution in [0.4, 0.5) is 4.79 Å². The molecule has 2 aliphatic rings. The molecule has 5 rings (SSSR count). The molecule has 13 heteroatoms. The van der Waals surface area contributed by atoms with Crippen LogP contribution in [0.3, 0.4) is 0 Å². The minimum absolute atomic E-state index is 0.196. The van der Waals surface area contributed by atoms with E-state index in [1.165, 1.54) is 9.80 Å². The van der Waals surface area contributed by atoms with Crippen LogP contribution in [0, 0.1) is 0 Å². The second-order valence-corrected chi connectivity index (χ2v) is 10.0. The van der Waals surface area contributed by atoms with Gasteiger partial charge in [-0.3, -0.25) is 19.3 Å². The first-order valence-corrected chi connectivity index (χ1v) is 13.9. The van der Waals surface area contributed by atoms with Gasteiger partial charge < -0.3 is 25.0 Å². The summed E-state index contributed by atoms with van der Waals surface area (Å²) in [5.41, 5.74) is 1.26. The largest absolute Gasteiger partial charge is 0.492 e. The van der Waals surface area contributed by atoms with Crippen LogP contribution >= 0.6 is 0 Å². The molecule has 42 heavy (non-hydrogen) atoms. The van der Waals surface area contributed by atoms with E-state index in [1.807, 2.05) is 30.3 Å². The van der Waals surface area contributed by atoms with Gasteiger partial charge in [-0.1, -0.05) is 36.4 Å². The highest BCUT2D eigenvalue weighted by molar-refractivity contribution is 5.94. The van der Waals surface area contributed by atoms with Gasteiger partial charge in [-0.05, 0) is 31.5 Å². The van der Waals surface area contributed by atoms with Gasteiger partial charge in [0, 0.05) is 24.2 Å². The number of fused-ring (bicyclic) bond motifs is 3. The highest BCUT2D eigenvalue weighted by Crippen LogP contribution is 2.20. The number of hydrogen-bond donors (Lipinski definition) is 2. The predicted molar refractivity (Wildman–Crippen MR) is 150 cm³/mol. The van der Waals surface area contributed by atoms with Crippen molar-refractivity contribution in [1.82, 2.24) is 35.2 Å². The molecule has 1 aromatic heterocycles. The molecule has 2 aliphatic heterocycles. The zero-order valence-corrected chi connectivity index (χ0v) is 23.3. The summed E-state index contributed by atoms with van der Waals surface area (Å²) in [5, 5.41) is 10.5. The minimum Gasteiger partial charge on any atom is -0.492 e. The van der Waals surface area contributed by atoms with Crippen molar-refractivity contribution in [3.63, 3.8) is 0 Å². The van der Waals surface area contributed by atoms with E-state index in [2.05, 4.69) is 15.7 Å². The number of ether oxygens (including phenoxy) is 2. The van der Waals surface area contributed by atoms with Gasteiger partial charge in [-0.2, -0.15) is 5.10 Å². The molecule has 4 amide bonds. The third kappa shape index (κ3) is 7.03. The lowest BCUT2D eigenvalue weighted by Crippen LogP contribution is -2.46. The number of carbonyl (C=O) groups excluding carboxylic acids is 4. The Hall–Kier alpha value is -4.94. The molecule has 0 radical (unpaired) electrons. The van der Waals surface area contributed by atoms with E-state index >= 15 is 0 Å². The lowest BCUT2D eigenvalue weighted by molar-refractivity contribution is -0.136. The van der Waals surface area contributed by atoms with Crippen molar-refractivity contribution in [2.45, 2.75) is 25.9 Å². The maximum atomic E-state index is 13.2. The van der Waals surface area contributed by atoms with Gasteiger partial charge in [0.2, 0.25) is 11.8 Å². The molecule has 1 atom stereocenters. The Bertz CT molecular complexity index is 1440. The lowest BCUT2D eigenvalue weighted by atomic mass is 10.2. The fraction of sp³-hybridized carbons (Fsp3) is 0.379. The number of rotatable bonds is 3. The molecule has 2 N–H and O–H groups in total. The van der Waals surface area contributed by atoms with Crippen LogP contribution in [0.25, 0.3) is 11.4 Å². The molecule has 0 aliphatic carbocycles. The number of cyclic esters (lactones) is 1. The second-order valence-electron chi connectivity index (χ2n) is 10.0. The van der Waals surface area contributed by atoms with Gasteiger partial charge in [0.1, 0.15) is 31.3 Å². The van der Waals surface area contributed by atoms with E-state index < -0.39 is 23.9 Å². The summed E-state index contributed by atoms with van der Waals surface area (Å²) in [6, 6.07) is 15.9. The van der Waals surface area contributed by atoms with Crippen molar-refractivity contribution >= 4 is 23.8 Å². The van der Waals surface area contributed by atoms with E-state index in [1.54, 1.807) is 35.9 Å². The van der Waals surface area contributed by atoms with Crippen molar-refractivity contribution in [2.24, 2.45) is 0 Å². The summed E-state index contributed by atoms with van der Waals surface area (Å²) < 4.78 is 12.6. The van der Waals surface area contributed by atoms with Crippen molar-refractivity contribution in [2.75, 3.05) is 45.9 Å². The molecular formula is C29H33N7O6. The molecule has 0 unspecified atom stereocenters. The Morgan fingerprint density at radius 2 is 1.76 bits per heavy atom. The Morgan fingerprint density at radius 1 is 0.976 bits per heavy atom. The smallest absolute Gasteiger partial charge is 0.410 e. The van der Waals surface area contributed by atoms with Crippen molar-refractivity contribution in [3.05, 3.63) is 66.0 Å². The SMILES string of the molecule is C[C@@H]1NC(=O)CN(C(=O)CN2CCOC2=O)CCCNC(=O)c2cccc(c2)OCCn2nc(-c3ccccc3)nc21. The van der Waals surface area contributed by atoms with Crippen molar-refractivity contribution in [1.29, 1.82) is 0 Å². The highest BCUT2D eigenvalue weighted by Gasteiger charge is 2.28. The Kier molecular flexibility index (Phi) is 8.95. The average molecular weight is 576 g/mol. The first-order valence-electron chi connectivity index (χ1n) is 13.9. The third-order valence-corrected chi connectivity index (χ3v) is 6.91. The molecule has 13 nitrogen and oxygen atoms in total. The topological polar surface area (TPSA) is 148 Å². The summed E-state index contributed by atoms with van der Waals surface area (Å²) in [6.45, 7) is 2.95. The zero-order valence-electron chi connectivity index (χ0n) is 23.3. The number of nitrogens with zero attached hydrogens (tertiary/aromatic N) is 5. The Morgan fingerprint density at radius 3 is 2.55 bits per heavy atom. The predicted octanol–water partition coefficient (Wildman–Crippen LogP) is 1.62. The van der Waals surface area contributed by atoms with Crippen LogP contribution in [0.5, 0.6) is 5.75 Å². The molecule has 220 valence electrons. The van der Waals surface area contributed by atoms with Gasteiger partial charge in [-0.15, -0.1) is 0 Å². The number of nitrogens with one attached hydrogen (secondary N) is 2. The quantitative estimate of drug-likeness (QED) is 0.479. The van der Waals surface area contributed by atoms with Crippen LogP contribution < -0.4 is 15.4 Å². The van der Waals surface area contributed by atoms with Crippen LogP contribution in [0.2, 0.25) is 0 Å².